The number of carbonyl (C=O) groups excluding carboxylic acids is 1. The number of nitrogens with zero attached hydrogens (tertiary/aromatic N) is 1. The highest BCUT2D eigenvalue weighted by atomic mass is 16.2. The van der Waals surface area contributed by atoms with Crippen LogP contribution >= 0.6 is 0 Å². The quantitative estimate of drug-likeness (QED) is 0.826. The largest absolute Gasteiger partial charge is 0.351 e. The van der Waals surface area contributed by atoms with Gasteiger partial charge in [-0.2, -0.15) is 0 Å². The van der Waals surface area contributed by atoms with Gasteiger partial charge in [-0.15, -0.1) is 0 Å². The number of aliphatic imine (C=N–C) groups is 1. The lowest BCUT2D eigenvalue weighted by Crippen LogP contribution is -2.46. The maximum Gasteiger partial charge on any atom is 0.256 e. The molecule has 1 atom stereocenters. The lowest BCUT2D eigenvalue weighted by molar-refractivity contribution is -0.120. The number of rotatable bonds is 1. The highest BCUT2D eigenvalue weighted by Crippen LogP contribution is 2.28. The summed E-state index contributed by atoms with van der Waals surface area (Å²) in [6.45, 7) is 12.3. The number of aryl methyl sites for hydroxylation is 3. The van der Waals surface area contributed by atoms with Crippen molar-refractivity contribution in [3.8, 4) is 0 Å². The number of hydrogen-bond acceptors (Lipinski definition) is 3. The fourth-order valence-corrected chi connectivity index (χ4v) is 2.64. The van der Waals surface area contributed by atoms with Gasteiger partial charge in [-0.05, 0) is 58.2 Å². The zero-order valence-electron chi connectivity index (χ0n) is 13.1. The topological polar surface area (TPSA) is 53.5 Å². The van der Waals surface area contributed by atoms with Crippen LogP contribution < -0.4 is 10.6 Å². The van der Waals surface area contributed by atoms with Gasteiger partial charge in [0.25, 0.3) is 5.91 Å². The lowest BCUT2D eigenvalue weighted by Gasteiger charge is -2.21. The fourth-order valence-electron chi connectivity index (χ4n) is 2.64. The predicted molar refractivity (Wildman–Crippen MR) is 81.9 cm³/mol. The molecule has 1 amide bonds. The normalized spacial score (nSPS) is 18.8. The number of nitrogens with one attached hydrogen (secondary N) is 2. The first-order valence-corrected chi connectivity index (χ1v) is 6.92. The Labute approximate surface area is 120 Å². The Morgan fingerprint density at radius 3 is 2.20 bits per heavy atom. The molecular weight excluding hydrogens is 250 g/mol. The average molecular weight is 273 g/mol. The van der Waals surface area contributed by atoms with E-state index >= 15 is 0 Å². The molecular formula is C16H23N3O. The van der Waals surface area contributed by atoms with Crippen LogP contribution in [0.5, 0.6) is 0 Å². The van der Waals surface area contributed by atoms with Crippen molar-refractivity contribution in [1.29, 1.82) is 0 Å². The van der Waals surface area contributed by atoms with E-state index < -0.39 is 6.04 Å². The molecule has 1 heterocycles. The molecule has 2 rings (SSSR count). The molecule has 0 bridgehead atoms. The van der Waals surface area contributed by atoms with Gasteiger partial charge in [-0.1, -0.05) is 17.7 Å². The first-order chi connectivity index (χ1) is 9.17. The standard InChI is InChI=1S/C16H23N3O/c1-9-7-10(2)12(11(3)8-9)13-14(20)18-15(17-13)19-16(4,5)6/h7-8,13H,1-6H3,(H2,17,18,19,20). The summed E-state index contributed by atoms with van der Waals surface area (Å²) >= 11 is 0. The van der Waals surface area contributed by atoms with Gasteiger partial charge in [0.15, 0.2) is 12.0 Å². The van der Waals surface area contributed by atoms with Crippen molar-refractivity contribution in [3.63, 3.8) is 0 Å². The molecule has 0 spiro atoms. The van der Waals surface area contributed by atoms with E-state index in [1.54, 1.807) is 0 Å². The van der Waals surface area contributed by atoms with E-state index in [4.69, 9.17) is 0 Å². The molecule has 1 aliphatic rings. The van der Waals surface area contributed by atoms with Gasteiger partial charge in [0.1, 0.15) is 0 Å². The van der Waals surface area contributed by atoms with Gasteiger partial charge < -0.3 is 5.32 Å². The van der Waals surface area contributed by atoms with Gasteiger partial charge in [-0.3, -0.25) is 10.1 Å². The number of guanidine groups is 1. The minimum absolute atomic E-state index is 0.0631. The first kappa shape index (κ1) is 14.6. The molecule has 0 fully saturated rings. The minimum Gasteiger partial charge on any atom is -0.351 e. The monoisotopic (exact) mass is 273 g/mol. The van der Waals surface area contributed by atoms with E-state index in [-0.39, 0.29) is 11.4 Å². The lowest BCUT2D eigenvalue weighted by atomic mass is 9.94. The Hall–Kier alpha value is -1.84. The van der Waals surface area contributed by atoms with Crippen molar-refractivity contribution in [2.24, 2.45) is 4.99 Å². The second-order valence-electron chi connectivity index (χ2n) is 6.56. The summed E-state index contributed by atoms with van der Waals surface area (Å²) in [7, 11) is 0. The molecule has 1 aromatic carbocycles. The molecule has 0 aromatic heterocycles. The SMILES string of the molecule is Cc1cc(C)c(C2N=C(NC(C)(C)C)NC2=O)c(C)c1. The third kappa shape index (κ3) is 3.00. The van der Waals surface area contributed by atoms with Crippen molar-refractivity contribution in [3.05, 3.63) is 34.4 Å². The Bertz CT molecular complexity index is 559. The molecule has 0 saturated carbocycles. The van der Waals surface area contributed by atoms with Crippen LogP contribution in [0, 0.1) is 20.8 Å². The summed E-state index contributed by atoms with van der Waals surface area (Å²) in [5.41, 5.74) is 4.32. The van der Waals surface area contributed by atoms with E-state index in [0.29, 0.717) is 5.96 Å². The molecule has 2 N–H and O–H groups in total. The Morgan fingerprint density at radius 2 is 1.70 bits per heavy atom. The van der Waals surface area contributed by atoms with Crippen molar-refractivity contribution < 1.29 is 4.79 Å². The van der Waals surface area contributed by atoms with Gasteiger partial charge in [-0.25, -0.2) is 4.99 Å². The molecule has 4 nitrogen and oxygen atoms in total. The van der Waals surface area contributed by atoms with Crippen LogP contribution in [0.2, 0.25) is 0 Å². The van der Waals surface area contributed by atoms with Crippen molar-refractivity contribution in [1.82, 2.24) is 10.6 Å². The third-order valence-corrected chi connectivity index (χ3v) is 3.25. The summed E-state index contributed by atoms with van der Waals surface area (Å²) in [4.78, 5) is 16.7. The molecule has 4 heteroatoms. The van der Waals surface area contributed by atoms with E-state index in [0.717, 1.165) is 16.7 Å². The Morgan fingerprint density at radius 1 is 1.15 bits per heavy atom. The van der Waals surface area contributed by atoms with Crippen molar-refractivity contribution in [2.75, 3.05) is 0 Å². The van der Waals surface area contributed by atoms with E-state index in [1.165, 1.54) is 5.56 Å². The highest BCUT2D eigenvalue weighted by Gasteiger charge is 2.31. The van der Waals surface area contributed by atoms with Crippen LogP contribution in [-0.4, -0.2) is 17.4 Å². The van der Waals surface area contributed by atoms with Gasteiger partial charge in [0.05, 0.1) is 0 Å². The maximum absolute atomic E-state index is 12.2. The van der Waals surface area contributed by atoms with Crippen LogP contribution in [0.4, 0.5) is 0 Å². The van der Waals surface area contributed by atoms with Crippen LogP contribution in [0.1, 0.15) is 49.1 Å². The van der Waals surface area contributed by atoms with Crippen LogP contribution in [0.3, 0.4) is 0 Å². The smallest absolute Gasteiger partial charge is 0.256 e. The molecule has 1 unspecified atom stereocenters. The maximum atomic E-state index is 12.2. The van der Waals surface area contributed by atoms with E-state index in [2.05, 4.69) is 34.7 Å². The fraction of sp³-hybridized carbons (Fsp3) is 0.500. The van der Waals surface area contributed by atoms with Crippen LogP contribution in [-0.2, 0) is 4.79 Å². The van der Waals surface area contributed by atoms with E-state index in [9.17, 15) is 4.79 Å². The van der Waals surface area contributed by atoms with Crippen LogP contribution in [0.15, 0.2) is 17.1 Å². The summed E-state index contributed by atoms with van der Waals surface area (Å²) in [5, 5.41) is 6.04. The number of amides is 1. The zero-order chi connectivity index (χ0) is 15.1. The zero-order valence-corrected chi connectivity index (χ0v) is 13.1. The summed E-state index contributed by atoms with van der Waals surface area (Å²) in [6.07, 6.45) is 0. The van der Waals surface area contributed by atoms with Gasteiger partial charge in [0.2, 0.25) is 0 Å². The first-order valence-electron chi connectivity index (χ1n) is 6.92. The summed E-state index contributed by atoms with van der Waals surface area (Å²) < 4.78 is 0. The molecule has 0 radical (unpaired) electrons. The van der Waals surface area contributed by atoms with E-state index in [1.807, 2.05) is 34.6 Å². The molecule has 20 heavy (non-hydrogen) atoms. The molecule has 1 aliphatic heterocycles. The highest BCUT2D eigenvalue weighted by molar-refractivity contribution is 6.05. The second kappa shape index (κ2) is 4.93. The number of hydrogen-bond donors (Lipinski definition) is 2. The second-order valence-corrected chi connectivity index (χ2v) is 6.56. The Kier molecular flexibility index (Phi) is 3.59. The molecule has 0 aliphatic carbocycles. The Balaban J connectivity index is 2.36. The molecule has 0 saturated heterocycles. The number of carbonyl (C=O) groups is 1. The van der Waals surface area contributed by atoms with Gasteiger partial charge in [0, 0.05) is 5.54 Å². The average Bonchev–Trinajstić information content (AvgIpc) is 2.55. The minimum atomic E-state index is -0.444. The third-order valence-electron chi connectivity index (χ3n) is 3.25. The van der Waals surface area contributed by atoms with Gasteiger partial charge >= 0.3 is 0 Å². The van der Waals surface area contributed by atoms with Crippen LogP contribution in [0.25, 0.3) is 0 Å². The summed E-state index contributed by atoms with van der Waals surface area (Å²) in [5.74, 6) is 0.499. The van der Waals surface area contributed by atoms with Crippen molar-refractivity contribution in [2.45, 2.75) is 53.1 Å². The molecule has 1 aromatic rings. The number of benzene rings is 1. The van der Waals surface area contributed by atoms with Crippen molar-refractivity contribution >= 4 is 11.9 Å². The predicted octanol–water partition coefficient (Wildman–Crippen LogP) is 2.53. The summed E-state index contributed by atoms with van der Waals surface area (Å²) in [6, 6.07) is 3.75. The molecule has 108 valence electrons.